The average Bonchev–Trinajstić information content (AvgIpc) is 3.24. The minimum absolute atomic E-state index is 0.152. The van der Waals surface area contributed by atoms with Crippen LogP contribution in [0.3, 0.4) is 0 Å². The number of hydrogen-bond acceptors (Lipinski definition) is 3. The van der Waals surface area contributed by atoms with E-state index in [4.69, 9.17) is 4.74 Å². The van der Waals surface area contributed by atoms with Gasteiger partial charge >= 0.3 is 0 Å². The second kappa shape index (κ2) is 10.1. The third-order valence-electron chi connectivity index (χ3n) is 4.90. The van der Waals surface area contributed by atoms with Crippen molar-refractivity contribution < 1.29 is 27.5 Å². The van der Waals surface area contributed by atoms with E-state index in [1.165, 1.54) is 12.8 Å². The van der Waals surface area contributed by atoms with E-state index in [9.17, 15) is 22.8 Å². The lowest BCUT2D eigenvalue weighted by molar-refractivity contribution is -0.124. The molecule has 160 valence electrons. The van der Waals surface area contributed by atoms with Crippen LogP contribution < -0.4 is 15.4 Å². The smallest absolute Gasteiger partial charge is 0.243 e. The summed E-state index contributed by atoms with van der Waals surface area (Å²) in [6.45, 7) is -0.415. The van der Waals surface area contributed by atoms with Crippen molar-refractivity contribution in [2.75, 3.05) is 11.9 Å². The molecule has 0 saturated heterocycles. The highest BCUT2D eigenvalue weighted by Crippen LogP contribution is 2.25. The first-order valence-corrected chi connectivity index (χ1v) is 9.88. The molecule has 0 radical (unpaired) electrons. The van der Waals surface area contributed by atoms with Gasteiger partial charge in [-0.05, 0) is 61.9 Å². The van der Waals surface area contributed by atoms with Gasteiger partial charge in [0.15, 0.2) is 17.5 Å². The van der Waals surface area contributed by atoms with Crippen LogP contribution in [0, 0.1) is 17.5 Å². The lowest BCUT2D eigenvalue weighted by Gasteiger charge is -2.14. The highest BCUT2D eigenvalue weighted by molar-refractivity contribution is 5.94. The minimum Gasteiger partial charge on any atom is -0.490 e. The van der Waals surface area contributed by atoms with E-state index in [-0.39, 0.29) is 18.4 Å². The third kappa shape index (κ3) is 5.98. The summed E-state index contributed by atoms with van der Waals surface area (Å²) in [5.74, 6) is -4.84. The molecule has 0 spiro atoms. The zero-order valence-electron chi connectivity index (χ0n) is 16.3. The molecule has 0 aromatic heterocycles. The average molecular weight is 420 g/mol. The number of hydrogen-bond donors (Lipinski definition) is 2. The lowest BCUT2D eigenvalue weighted by atomic mass is 10.1. The highest BCUT2D eigenvalue weighted by atomic mass is 19.2. The van der Waals surface area contributed by atoms with E-state index in [0.29, 0.717) is 12.5 Å². The molecule has 0 atom stereocenters. The van der Waals surface area contributed by atoms with Gasteiger partial charge in [0.05, 0.1) is 18.3 Å². The number of carbonyl (C=O) groups is 2. The maximum absolute atomic E-state index is 13.6. The number of rotatable bonds is 8. The Hall–Kier alpha value is -3.03. The maximum atomic E-state index is 13.6. The van der Waals surface area contributed by atoms with Gasteiger partial charge in [-0.3, -0.25) is 9.59 Å². The quantitative estimate of drug-likeness (QED) is 0.632. The topological polar surface area (TPSA) is 67.4 Å². The van der Waals surface area contributed by atoms with Crippen molar-refractivity contribution in [2.24, 2.45) is 0 Å². The number of halogens is 3. The van der Waals surface area contributed by atoms with Crippen molar-refractivity contribution in [1.82, 2.24) is 5.32 Å². The first-order chi connectivity index (χ1) is 14.4. The Balaban J connectivity index is 1.42. The maximum Gasteiger partial charge on any atom is 0.243 e. The molecule has 2 N–H and O–H groups in total. The highest BCUT2D eigenvalue weighted by Gasteiger charge is 2.17. The van der Waals surface area contributed by atoms with Gasteiger partial charge in [-0.1, -0.05) is 12.1 Å². The Bertz CT molecular complexity index is 914. The molecule has 2 aromatic rings. The van der Waals surface area contributed by atoms with E-state index < -0.39 is 35.6 Å². The van der Waals surface area contributed by atoms with Gasteiger partial charge in [-0.15, -0.1) is 0 Å². The van der Waals surface area contributed by atoms with Gasteiger partial charge in [-0.2, -0.15) is 0 Å². The van der Waals surface area contributed by atoms with Crippen LogP contribution in [0.1, 0.15) is 37.7 Å². The van der Waals surface area contributed by atoms with E-state index in [1.807, 2.05) is 24.3 Å². The summed E-state index contributed by atoms with van der Waals surface area (Å²) in [6.07, 6.45) is 5.35. The Kier molecular flexibility index (Phi) is 7.32. The van der Waals surface area contributed by atoms with Gasteiger partial charge in [0.1, 0.15) is 5.75 Å². The van der Waals surface area contributed by atoms with Crippen LogP contribution >= 0.6 is 0 Å². The van der Waals surface area contributed by atoms with E-state index in [0.717, 1.165) is 30.2 Å². The zero-order chi connectivity index (χ0) is 21.5. The number of amides is 2. The molecule has 1 saturated carbocycles. The van der Waals surface area contributed by atoms with Crippen molar-refractivity contribution >= 4 is 17.5 Å². The predicted molar refractivity (Wildman–Crippen MR) is 106 cm³/mol. The minimum atomic E-state index is -1.67. The van der Waals surface area contributed by atoms with Crippen molar-refractivity contribution in [2.45, 2.75) is 44.6 Å². The summed E-state index contributed by atoms with van der Waals surface area (Å²) in [5, 5.41) is 4.52. The van der Waals surface area contributed by atoms with Crippen LogP contribution in [-0.4, -0.2) is 24.5 Å². The van der Waals surface area contributed by atoms with Gasteiger partial charge in [0.2, 0.25) is 11.8 Å². The summed E-state index contributed by atoms with van der Waals surface area (Å²) in [4.78, 5) is 23.8. The van der Waals surface area contributed by atoms with Gasteiger partial charge < -0.3 is 15.4 Å². The number of anilines is 1. The van der Waals surface area contributed by atoms with E-state index in [1.54, 1.807) is 0 Å². The van der Waals surface area contributed by atoms with Crippen molar-refractivity contribution in [3.63, 3.8) is 0 Å². The van der Waals surface area contributed by atoms with Crippen LogP contribution in [0.25, 0.3) is 0 Å². The second-order valence-corrected chi connectivity index (χ2v) is 7.22. The molecule has 1 fully saturated rings. The van der Waals surface area contributed by atoms with Crippen LogP contribution in [0.5, 0.6) is 5.75 Å². The van der Waals surface area contributed by atoms with Crippen molar-refractivity contribution in [1.29, 1.82) is 0 Å². The first kappa shape index (κ1) is 21.7. The fraction of sp³-hybridized carbons (Fsp3) is 0.364. The molecular formula is C22H23F3N2O3. The summed E-state index contributed by atoms with van der Waals surface area (Å²) < 4.78 is 45.6. The van der Waals surface area contributed by atoms with Crippen molar-refractivity contribution in [3.8, 4) is 5.75 Å². The lowest BCUT2D eigenvalue weighted by Crippen LogP contribution is -2.33. The zero-order valence-corrected chi connectivity index (χ0v) is 16.3. The second-order valence-electron chi connectivity index (χ2n) is 7.22. The number of ether oxygens (including phenoxy) is 1. The fourth-order valence-electron chi connectivity index (χ4n) is 3.31. The Labute approximate surface area is 172 Å². The monoisotopic (exact) mass is 420 g/mol. The molecule has 1 aliphatic rings. The summed E-state index contributed by atoms with van der Waals surface area (Å²) >= 11 is 0. The van der Waals surface area contributed by atoms with E-state index in [2.05, 4.69) is 10.6 Å². The molecule has 0 heterocycles. The normalized spacial score (nSPS) is 13.8. The molecule has 0 bridgehead atoms. The number of nitrogens with one attached hydrogen (secondary N) is 2. The first-order valence-electron chi connectivity index (χ1n) is 9.88. The molecule has 0 aliphatic heterocycles. The SMILES string of the molecule is O=C(CCc1cccc(OC2CCCC2)c1)NCC(=O)Nc1ccc(F)c(F)c1F. The number of aryl methyl sites for hydroxylation is 1. The van der Waals surface area contributed by atoms with Gasteiger partial charge in [0.25, 0.3) is 0 Å². The Morgan fingerprint density at radius 2 is 1.77 bits per heavy atom. The standard InChI is InChI=1S/C22H23F3N2O3/c23-17-9-10-18(22(25)21(17)24)27-20(29)13-26-19(28)11-8-14-4-3-7-16(12-14)30-15-5-1-2-6-15/h3-4,7,9-10,12,15H,1-2,5-6,8,11,13H2,(H,26,28)(H,27,29). The Morgan fingerprint density at radius 1 is 1.00 bits per heavy atom. The number of benzene rings is 2. The van der Waals surface area contributed by atoms with Crippen molar-refractivity contribution in [3.05, 3.63) is 59.4 Å². The Morgan fingerprint density at radius 3 is 2.53 bits per heavy atom. The summed E-state index contributed by atoms with van der Waals surface area (Å²) in [7, 11) is 0. The van der Waals surface area contributed by atoms with Crippen LogP contribution in [0.4, 0.5) is 18.9 Å². The van der Waals surface area contributed by atoms with Gasteiger partial charge in [0, 0.05) is 6.42 Å². The summed E-state index contributed by atoms with van der Waals surface area (Å²) in [5.41, 5.74) is 0.446. The molecule has 5 nitrogen and oxygen atoms in total. The molecule has 2 amide bonds. The molecule has 3 rings (SSSR count). The van der Waals surface area contributed by atoms with Gasteiger partial charge in [-0.25, -0.2) is 13.2 Å². The predicted octanol–water partition coefficient (Wildman–Crippen LogP) is 4.11. The molecule has 30 heavy (non-hydrogen) atoms. The fourth-order valence-corrected chi connectivity index (χ4v) is 3.31. The molecular weight excluding hydrogens is 397 g/mol. The van der Waals surface area contributed by atoms with E-state index >= 15 is 0 Å². The largest absolute Gasteiger partial charge is 0.490 e. The van der Waals surface area contributed by atoms with Crippen LogP contribution in [-0.2, 0) is 16.0 Å². The number of carbonyl (C=O) groups excluding carboxylic acids is 2. The molecule has 1 aliphatic carbocycles. The van der Waals surface area contributed by atoms with Crippen LogP contribution in [0.15, 0.2) is 36.4 Å². The van der Waals surface area contributed by atoms with Crippen LogP contribution in [0.2, 0.25) is 0 Å². The molecule has 8 heteroatoms. The molecule has 0 unspecified atom stereocenters. The molecule has 2 aromatic carbocycles. The summed E-state index contributed by atoms with van der Waals surface area (Å²) in [6, 6.07) is 9.19. The third-order valence-corrected chi connectivity index (χ3v) is 4.90.